The van der Waals surface area contributed by atoms with Crippen molar-refractivity contribution in [3.63, 3.8) is 0 Å². The van der Waals surface area contributed by atoms with Gasteiger partial charge in [-0.1, -0.05) is 26.0 Å². The first kappa shape index (κ1) is 21.3. The molecule has 0 fully saturated rings. The van der Waals surface area contributed by atoms with Gasteiger partial charge in [0, 0.05) is 7.05 Å². The number of nitrogens with one attached hydrogen (secondary N) is 1. The average Bonchev–Trinajstić information content (AvgIpc) is 2.95. The number of aliphatic carboxylic acids is 1. The molecule has 0 spiro atoms. The van der Waals surface area contributed by atoms with Crippen LogP contribution in [0, 0.1) is 0 Å². The van der Waals surface area contributed by atoms with Crippen molar-refractivity contribution >= 4 is 11.9 Å². The molecule has 7 nitrogen and oxygen atoms in total. The van der Waals surface area contributed by atoms with Crippen molar-refractivity contribution in [3.05, 3.63) is 47.3 Å². The van der Waals surface area contributed by atoms with Crippen LogP contribution in [-0.4, -0.2) is 33.1 Å². The molecule has 0 aliphatic heterocycles. The van der Waals surface area contributed by atoms with E-state index in [0.717, 1.165) is 12.1 Å². The van der Waals surface area contributed by atoms with Crippen LogP contribution < -0.4 is 10.1 Å². The first-order valence-corrected chi connectivity index (χ1v) is 8.38. The van der Waals surface area contributed by atoms with E-state index in [2.05, 4.69) is 15.2 Å². The van der Waals surface area contributed by atoms with Crippen LogP contribution in [0.15, 0.2) is 30.3 Å². The van der Waals surface area contributed by atoms with Gasteiger partial charge < -0.3 is 15.2 Å². The summed E-state index contributed by atoms with van der Waals surface area (Å²) in [5, 5.41) is 16.0. The molecule has 1 atom stereocenters. The largest absolute Gasteiger partial charge is 0.573 e. The van der Waals surface area contributed by atoms with E-state index in [9.17, 15) is 22.8 Å². The zero-order valence-electron chi connectivity index (χ0n) is 15.4. The molecule has 1 aromatic carbocycles. The van der Waals surface area contributed by atoms with Crippen LogP contribution in [0.4, 0.5) is 13.2 Å². The topological polar surface area (TPSA) is 93.5 Å². The lowest BCUT2D eigenvalue weighted by Crippen LogP contribution is -2.31. The highest BCUT2D eigenvalue weighted by atomic mass is 19.4. The van der Waals surface area contributed by atoms with Crippen molar-refractivity contribution in [1.29, 1.82) is 0 Å². The predicted molar refractivity (Wildman–Crippen MR) is 92.9 cm³/mol. The highest BCUT2D eigenvalue weighted by molar-refractivity contribution is 5.93. The number of carboxylic acids is 1. The Bertz CT molecular complexity index is 845. The third kappa shape index (κ3) is 5.73. The maximum atomic E-state index is 12.6. The number of benzene rings is 1. The number of halogens is 3. The second kappa shape index (κ2) is 8.32. The van der Waals surface area contributed by atoms with Crippen LogP contribution in [0.5, 0.6) is 5.75 Å². The summed E-state index contributed by atoms with van der Waals surface area (Å²) in [6.07, 6.45) is -5.27. The number of hydrogen-bond donors (Lipinski definition) is 2. The lowest BCUT2D eigenvalue weighted by molar-refractivity contribution is -0.274. The van der Waals surface area contributed by atoms with Crippen molar-refractivity contribution in [2.45, 2.75) is 38.6 Å². The zero-order chi connectivity index (χ0) is 21.1. The summed E-state index contributed by atoms with van der Waals surface area (Å²) in [6.45, 7) is 3.84. The van der Waals surface area contributed by atoms with Crippen LogP contribution >= 0.6 is 0 Å². The summed E-state index contributed by atoms with van der Waals surface area (Å²) in [7, 11) is 1.59. The van der Waals surface area contributed by atoms with E-state index in [-0.39, 0.29) is 11.6 Å². The Morgan fingerprint density at radius 2 is 1.86 bits per heavy atom. The maximum Gasteiger partial charge on any atom is 0.573 e. The van der Waals surface area contributed by atoms with Crippen LogP contribution in [0.2, 0.25) is 0 Å². The van der Waals surface area contributed by atoms with Crippen LogP contribution in [0.1, 0.15) is 54.0 Å². The molecule has 1 unspecified atom stereocenters. The number of amides is 1. The summed E-state index contributed by atoms with van der Waals surface area (Å²) in [4.78, 5) is 23.8. The molecule has 2 aromatic rings. The lowest BCUT2D eigenvalue weighted by atomic mass is 10.0. The molecule has 0 saturated heterocycles. The Morgan fingerprint density at radius 1 is 1.25 bits per heavy atom. The van der Waals surface area contributed by atoms with Gasteiger partial charge in [-0.25, -0.2) is 0 Å². The minimum absolute atomic E-state index is 0.101. The highest BCUT2D eigenvalue weighted by Crippen LogP contribution is 2.26. The molecule has 1 aromatic heterocycles. The second-order valence-electron chi connectivity index (χ2n) is 6.47. The van der Waals surface area contributed by atoms with Gasteiger partial charge >= 0.3 is 12.3 Å². The number of carbonyl (C=O) groups is 2. The van der Waals surface area contributed by atoms with E-state index in [4.69, 9.17) is 5.11 Å². The number of aryl methyl sites for hydroxylation is 1. The molecule has 2 rings (SSSR count). The maximum absolute atomic E-state index is 12.6. The Morgan fingerprint density at radius 3 is 2.32 bits per heavy atom. The lowest BCUT2D eigenvalue weighted by Gasteiger charge is -2.18. The molecule has 0 saturated carbocycles. The van der Waals surface area contributed by atoms with Gasteiger partial charge in [0.15, 0.2) is 0 Å². The number of alkyl halides is 3. The van der Waals surface area contributed by atoms with Gasteiger partial charge in [0.1, 0.15) is 11.4 Å². The van der Waals surface area contributed by atoms with E-state index in [1.807, 2.05) is 13.8 Å². The second-order valence-corrected chi connectivity index (χ2v) is 6.47. The molecule has 1 heterocycles. The highest BCUT2D eigenvalue weighted by Gasteiger charge is 2.31. The minimum atomic E-state index is -4.83. The van der Waals surface area contributed by atoms with Crippen molar-refractivity contribution in [1.82, 2.24) is 15.1 Å². The van der Waals surface area contributed by atoms with Crippen molar-refractivity contribution in [2.75, 3.05) is 0 Å². The van der Waals surface area contributed by atoms with Gasteiger partial charge in [0.25, 0.3) is 5.91 Å². The van der Waals surface area contributed by atoms with Gasteiger partial charge in [-0.05, 0) is 29.7 Å². The average molecular weight is 399 g/mol. The number of aromatic nitrogens is 2. The molecular weight excluding hydrogens is 379 g/mol. The summed E-state index contributed by atoms with van der Waals surface area (Å²) in [5.41, 5.74) is 1.28. The fraction of sp³-hybridized carbons (Fsp3) is 0.389. The fourth-order valence-corrected chi connectivity index (χ4v) is 2.54. The number of hydrogen-bond acceptors (Lipinski definition) is 4. The van der Waals surface area contributed by atoms with Gasteiger partial charge in [0.05, 0.1) is 18.2 Å². The van der Waals surface area contributed by atoms with E-state index >= 15 is 0 Å². The van der Waals surface area contributed by atoms with E-state index in [1.54, 1.807) is 13.1 Å². The number of carbonyl (C=O) groups excluding carboxylic acids is 1. The molecule has 0 bridgehead atoms. The molecule has 152 valence electrons. The van der Waals surface area contributed by atoms with E-state index < -0.39 is 36.5 Å². The van der Waals surface area contributed by atoms with Crippen molar-refractivity contribution < 1.29 is 32.6 Å². The summed E-state index contributed by atoms with van der Waals surface area (Å²) in [5.74, 6) is -2.05. The quantitative estimate of drug-likeness (QED) is 0.745. The standard InChI is InChI=1S/C18H20F3N3O4/c1-10(2)13-8-15(24(3)23-13)17(27)22-14(9-16(25)26)11-4-6-12(7-5-11)28-18(19,20)21/h4-8,10,14H,9H2,1-3H3,(H,22,27)(H,25,26). The first-order chi connectivity index (χ1) is 13.0. The number of carboxylic acid groups (broad SMARTS) is 1. The monoisotopic (exact) mass is 399 g/mol. The molecular formula is C18H20F3N3O4. The Hall–Kier alpha value is -3.04. The molecule has 0 aliphatic rings. The number of nitrogens with zero attached hydrogens (tertiary/aromatic N) is 2. The molecule has 0 aliphatic carbocycles. The van der Waals surface area contributed by atoms with Crippen molar-refractivity contribution in [3.8, 4) is 5.75 Å². The predicted octanol–water partition coefficient (Wildman–Crippen LogP) is 3.39. The van der Waals surface area contributed by atoms with Crippen LogP contribution in [-0.2, 0) is 11.8 Å². The summed E-state index contributed by atoms with van der Waals surface area (Å²) in [6, 6.07) is 5.34. The fourth-order valence-electron chi connectivity index (χ4n) is 2.54. The van der Waals surface area contributed by atoms with Gasteiger partial charge in [-0.15, -0.1) is 13.2 Å². The third-order valence-corrected chi connectivity index (χ3v) is 3.92. The minimum Gasteiger partial charge on any atom is -0.481 e. The van der Waals surface area contributed by atoms with Crippen LogP contribution in [0.25, 0.3) is 0 Å². The molecule has 1 amide bonds. The molecule has 10 heteroatoms. The van der Waals surface area contributed by atoms with Crippen molar-refractivity contribution in [2.24, 2.45) is 7.05 Å². The Kier molecular flexibility index (Phi) is 6.32. The Labute approximate surface area is 159 Å². The van der Waals surface area contributed by atoms with E-state index in [1.165, 1.54) is 16.8 Å². The number of ether oxygens (including phenoxy) is 1. The Balaban J connectivity index is 2.22. The van der Waals surface area contributed by atoms with E-state index in [0.29, 0.717) is 11.3 Å². The zero-order valence-corrected chi connectivity index (χ0v) is 15.4. The molecule has 2 N–H and O–H groups in total. The SMILES string of the molecule is CC(C)c1cc(C(=O)NC(CC(=O)O)c2ccc(OC(F)(F)F)cc2)n(C)n1. The van der Waals surface area contributed by atoms with Gasteiger partial charge in [-0.2, -0.15) is 5.10 Å². The number of rotatable bonds is 7. The summed E-state index contributed by atoms with van der Waals surface area (Å²) < 4.78 is 42.0. The smallest absolute Gasteiger partial charge is 0.481 e. The van der Waals surface area contributed by atoms with Crippen LogP contribution in [0.3, 0.4) is 0 Å². The molecule has 28 heavy (non-hydrogen) atoms. The normalized spacial score (nSPS) is 12.7. The summed E-state index contributed by atoms with van der Waals surface area (Å²) >= 11 is 0. The molecule has 0 radical (unpaired) electrons. The first-order valence-electron chi connectivity index (χ1n) is 8.38. The van der Waals surface area contributed by atoms with Gasteiger partial charge in [0.2, 0.25) is 0 Å². The van der Waals surface area contributed by atoms with Gasteiger partial charge in [-0.3, -0.25) is 14.3 Å². The third-order valence-electron chi connectivity index (χ3n) is 3.92.